The average molecular weight is 339 g/mol. The number of carbonyl (C=O) groups excluding carboxylic acids is 2. The summed E-state index contributed by atoms with van der Waals surface area (Å²) in [6, 6.07) is 7.48. The van der Waals surface area contributed by atoms with Gasteiger partial charge in [0.2, 0.25) is 5.91 Å². The van der Waals surface area contributed by atoms with E-state index in [1.54, 1.807) is 0 Å². The number of nitrogens with zero attached hydrogens (tertiary/aromatic N) is 2. The van der Waals surface area contributed by atoms with Gasteiger partial charge in [-0.05, 0) is 24.1 Å². The van der Waals surface area contributed by atoms with Gasteiger partial charge in [0.05, 0.1) is 19.6 Å². The Hall–Kier alpha value is -1.87. The number of amides is 1. The molecule has 0 aliphatic carbocycles. The minimum Gasteiger partial charge on any atom is -0.468 e. The molecule has 0 unspecified atom stereocenters. The van der Waals surface area contributed by atoms with Gasteiger partial charge < -0.3 is 9.64 Å². The summed E-state index contributed by atoms with van der Waals surface area (Å²) in [6.07, 6.45) is 0.136. The van der Waals surface area contributed by atoms with Crippen LogP contribution in [0.3, 0.4) is 0 Å². The molecular formula is C14H15BrN2O3. The molecule has 20 heavy (non-hydrogen) atoms. The lowest BCUT2D eigenvalue weighted by molar-refractivity contribution is -0.146. The highest BCUT2D eigenvalue weighted by atomic mass is 79.9. The molecule has 0 fully saturated rings. The topological polar surface area (TPSA) is 70.4 Å². The van der Waals surface area contributed by atoms with Crippen molar-refractivity contribution in [1.29, 1.82) is 5.26 Å². The minimum atomic E-state index is -0.543. The number of hydrogen-bond donors (Lipinski definition) is 0. The lowest BCUT2D eigenvalue weighted by Crippen LogP contribution is -2.37. The molecule has 1 amide bonds. The summed E-state index contributed by atoms with van der Waals surface area (Å²) in [5, 5.41) is 8.71. The molecule has 1 aromatic carbocycles. The third-order valence-electron chi connectivity index (χ3n) is 2.75. The Labute approximate surface area is 126 Å². The van der Waals surface area contributed by atoms with Gasteiger partial charge in [0.25, 0.3) is 0 Å². The van der Waals surface area contributed by atoms with Crippen molar-refractivity contribution < 1.29 is 14.3 Å². The number of esters is 1. The molecule has 0 bridgehead atoms. The van der Waals surface area contributed by atoms with Crippen molar-refractivity contribution in [2.45, 2.75) is 13.3 Å². The Morgan fingerprint density at radius 3 is 2.70 bits per heavy atom. The zero-order chi connectivity index (χ0) is 15.1. The van der Waals surface area contributed by atoms with Gasteiger partial charge >= 0.3 is 5.97 Å². The lowest BCUT2D eigenvalue weighted by Gasteiger charge is -2.18. The Balaban J connectivity index is 2.77. The van der Waals surface area contributed by atoms with Crippen LogP contribution in [0.25, 0.3) is 0 Å². The van der Waals surface area contributed by atoms with Crippen LogP contribution in [0.1, 0.15) is 11.1 Å². The molecule has 0 heterocycles. The largest absolute Gasteiger partial charge is 0.468 e. The van der Waals surface area contributed by atoms with Crippen LogP contribution in [0.5, 0.6) is 0 Å². The molecule has 0 aliphatic rings. The van der Waals surface area contributed by atoms with Crippen molar-refractivity contribution in [2.24, 2.45) is 0 Å². The van der Waals surface area contributed by atoms with E-state index in [2.05, 4.69) is 20.7 Å². The van der Waals surface area contributed by atoms with Crippen LogP contribution in [-0.2, 0) is 20.7 Å². The van der Waals surface area contributed by atoms with Gasteiger partial charge in [-0.3, -0.25) is 9.59 Å². The fourth-order valence-corrected chi connectivity index (χ4v) is 2.00. The summed E-state index contributed by atoms with van der Waals surface area (Å²) in [5.41, 5.74) is 1.89. The van der Waals surface area contributed by atoms with E-state index in [1.807, 2.05) is 31.2 Å². The number of methoxy groups -OCH3 is 1. The summed E-state index contributed by atoms with van der Waals surface area (Å²) in [5.74, 6) is -0.827. The van der Waals surface area contributed by atoms with Crippen molar-refractivity contribution in [2.75, 3.05) is 20.2 Å². The van der Waals surface area contributed by atoms with E-state index >= 15 is 0 Å². The molecule has 1 rings (SSSR count). The van der Waals surface area contributed by atoms with Crippen LogP contribution >= 0.6 is 15.9 Å². The van der Waals surface area contributed by atoms with Gasteiger partial charge in [0.15, 0.2) is 0 Å². The third kappa shape index (κ3) is 4.67. The molecule has 0 N–H and O–H groups in total. The summed E-state index contributed by atoms with van der Waals surface area (Å²) in [4.78, 5) is 24.5. The number of rotatable bonds is 5. The normalized spacial score (nSPS) is 9.70. The molecule has 0 saturated carbocycles. The number of benzene rings is 1. The Morgan fingerprint density at radius 1 is 1.45 bits per heavy atom. The van der Waals surface area contributed by atoms with Crippen molar-refractivity contribution in [3.63, 3.8) is 0 Å². The van der Waals surface area contributed by atoms with Crippen LogP contribution in [0, 0.1) is 18.3 Å². The summed E-state index contributed by atoms with van der Waals surface area (Å²) in [7, 11) is 1.24. The van der Waals surface area contributed by atoms with Gasteiger partial charge in [-0.15, -0.1) is 0 Å². The smallest absolute Gasteiger partial charge is 0.325 e. The number of nitriles is 1. The van der Waals surface area contributed by atoms with Crippen molar-refractivity contribution in [3.8, 4) is 6.07 Å². The number of hydrogen-bond acceptors (Lipinski definition) is 4. The molecule has 0 aromatic heterocycles. The Morgan fingerprint density at radius 2 is 2.15 bits per heavy atom. The number of aryl methyl sites for hydroxylation is 1. The zero-order valence-corrected chi connectivity index (χ0v) is 12.9. The van der Waals surface area contributed by atoms with E-state index in [-0.39, 0.29) is 25.4 Å². The molecule has 0 radical (unpaired) electrons. The molecule has 0 spiro atoms. The summed E-state index contributed by atoms with van der Waals surface area (Å²) >= 11 is 3.40. The third-order valence-corrected chi connectivity index (χ3v) is 3.61. The quantitative estimate of drug-likeness (QED) is 0.606. The van der Waals surface area contributed by atoms with Crippen LogP contribution in [-0.4, -0.2) is 37.0 Å². The molecule has 0 aliphatic heterocycles. The van der Waals surface area contributed by atoms with E-state index in [1.165, 1.54) is 12.0 Å². The summed E-state index contributed by atoms with van der Waals surface area (Å²) in [6.45, 7) is 1.60. The van der Waals surface area contributed by atoms with Gasteiger partial charge in [-0.2, -0.15) is 5.26 Å². The first kappa shape index (κ1) is 16.2. The van der Waals surface area contributed by atoms with Crippen molar-refractivity contribution in [1.82, 2.24) is 4.90 Å². The van der Waals surface area contributed by atoms with E-state index in [0.29, 0.717) is 0 Å². The second-order valence-electron chi connectivity index (χ2n) is 4.24. The molecule has 106 valence electrons. The SMILES string of the molecule is COC(=O)CN(CC#N)C(=O)Cc1ccc(C)c(Br)c1. The maximum Gasteiger partial charge on any atom is 0.325 e. The van der Waals surface area contributed by atoms with E-state index in [0.717, 1.165) is 15.6 Å². The monoisotopic (exact) mass is 338 g/mol. The predicted molar refractivity (Wildman–Crippen MR) is 76.8 cm³/mol. The molecule has 0 atom stereocenters. The van der Waals surface area contributed by atoms with Gasteiger partial charge in [0, 0.05) is 4.47 Å². The molecule has 5 nitrogen and oxygen atoms in total. The molecule has 1 aromatic rings. The van der Waals surface area contributed by atoms with Crippen molar-refractivity contribution in [3.05, 3.63) is 33.8 Å². The molecule has 0 saturated heterocycles. The maximum absolute atomic E-state index is 12.1. The van der Waals surface area contributed by atoms with E-state index in [9.17, 15) is 9.59 Å². The fourth-order valence-electron chi connectivity index (χ4n) is 1.57. The number of carbonyl (C=O) groups is 2. The predicted octanol–water partition coefficient (Wildman–Crippen LogP) is 1.83. The molecule has 6 heteroatoms. The lowest BCUT2D eigenvalue weighted by atomic mass is 10.1. The number of ether oxygens (including phenoxy) is 1. The minimum absolute atomic E-state index is 0.136. The molecular weight excluding hydrogens is 324 g/mol. The average Bonchev–Trinajstić information content (AvgIpc) is 2.42. The van der Waals surface area contributed by atoms with Gasteiger partial charge in [-0.25, -0.2) is 0 Å². The second-order valence-corrected chi connectivity index (χ2v) is 5.10. The van der Waals surface area contributed by atoms with Crippen LogP contribution in [0.4, 0.5) is 0 Å². The van der Waals surface area contributed by atoms with Crippen LogP contribution < -0.4 is 0 Å². The Bertz CT molecular complexity index is 552. The second kappa shape index (κ2) is 7.65. The van der Waals surface area contributed by atoms with Crippen LogP contribution in [0.2, 0.25) is 0 Å². The standard InChI is InChI=1S/C14H15BrN2O3/c1-10-3-4-11(7-12(10)15)8-13(18)17(6-5-16)9-14(19)20-2/h3-4,7H,6,8-9H2,1-2H3. The first-order chi connectivity index (χ1) is 9.47. The van der Waals surface area contributed by atoms with Gasteiger partial charge in [0.1, 0.15) is 13.1 Å². The van der Waals surface area contributed by atoms with Crippen molar-refractivity contribution >= 4 is 27.8 Å². The van der Waals surface area contributed by atoms with E-state index in [4.69, 9.17) is 5.26 Å². The maximum atomic E-state index is 12.1. The first-order valence-electron chi connectivity index (χ1n) is 5.94. The highest BCUT2D eigenvalue weighted by Gasteiger charge is 2.17. The fraction of sp³-hybridized carbons (Fsp3) is 0.357. The highest BCUT2D eigenvalue weighted by Crippen LogP contribution is 2.18. The summed E-state index contributed by atoms with van der Waals surface area (Å²) < 4.78 is 5.43. The Kier molecular flexibility index (Phi) is 6.19. The number of halogens is 1. The van der Waals surface area contributed by atoms with Gasteiger partial charge in [-0.1, -0.05) is 28.1 Å². The van der Waals surface area contributed by atoms with E-state index < -0.39 is 5.97 Å². The first-order valence-corrected chi connectivity index (χ1v) is 6.73. The highest BCUT2D eigenvalue weighted by molar-refractivity contribution is 9.10. The zero-order valence-electron chi connectivity index (χ0n) is 11.4. The van der Waals surface area contributed by atoms with Crippen LogP contribution in [0.15, 0.2) is 22.7 Å².